The lowest BCUT2D eigenvalue weighted by Gasteiger charge is -2.22. The third-order valence-corrected chi connectivity index (χ3v) is 4.06. The van der Waals surface area contributed by atoms with Crippen molar-refractivity contribution in [2.24, 2.45) is 0 Å². The summed E-state index contributed by atoms with van der Waals surface area (Å²) in [6, 6.07) is 3.64. The Morgan fingerprint density at radius 3 is 2.68 bits per heavy atom. The molecule has 106 valence electrons. The highest BCUT2D eigenvalue weighted by atomic mass is 32.2. The predicted octanol–water partition coefficient (Wildman–Crippen LogP) is 2.77. The minimum atomic E-state index is -0.0645. The average Bonchev–Trinajstić information content (AvgIpc) is 2.43. The topological polar surface area (TPSA) is 54.0 Å². The van der Waals surface area contributed by atoms with Gasteiger partial charge >= 0.3 is 0 Å². The van der Waals surface area contributed by atoms with Crippen LogP contribution in [0.25, 0.3) is 0 Å². The Kier molecular flexibility index (Phi) is 6.15. The SMILES string of the molecule is CCCNC(=O)c1ccc(NCC(C)(C)SC)nc1. The van der Waals surface area contributed by atoms with Crippen LogP contribution in [-0.2, 0) is 0 Å². The van der Waals surface area contributed by atoms with E-state index in [1.54, 1.807) is 12.3 Å². The van der Waals surface area contributed by atoms with Gasteiger partial charge in [0.1, 0.15) is 5.82 Å². The van der Waals surface area contributed by atoms with Crippen LogP contribution in [0.2, 0.25) is 0 Å². The Hall–Kier alpha value is -1.23. The van der Waals surface area contributed by atoms with Crippen LogP contribution in [0.3, 0.4) is 0 Å². The molecule has 0 unspecified atom stereocenters. The average molecular weight is 281 g/mol. The smallest absolute Gasteiger partial charge is 0.252 e. The first-order valence-corrected chi connectivity index (χ1v) is 7.74. The molecule has 1 aromatic heterocycles. The van der Waals surface area contributed by atoms with Gasteiger partial charge in [0.15, 0.2) is 0 Å². The minimum absolute atomic E-state index is 0.0645. The van der Waals surface area contributed by atoms with Crippen molar-refractivity contribution in [3.05, 3.63) is 23.9 Å². The predicted molar refractivity (Wildman–Crippen MR) is 82.9 cm³/mol. The van der Waals surface area contributed by atoms with Crippen LogP contribution in [0, 0.1) is 0 Å². The molecule has 5 heteroatoms. The van der Waals surface area contributed by atoms with E-state index in [9.17, 15) is 4.79 Å². The molecule has 1 rings (SSSR count). The normalized spacial score (nSPS) is 11.2. The molecule has 1 aromatic rings. The van der Waals surface area contributed by atoms with E-state index in [1.165, 1.54) is 0 Å². The van der Waals surface area contributed by atoms with Crippen molar-refractivity contribution in [3.63, 3.8) is 0 Å². The van der Waals surface area contributed by atoms with Gasteiger partial charge in [0, 0.05) is 24.0 Å². The molecule has 0 aromatic carbocycles. The van der Waals surface area contributed by atoms with Gasteiger partial charge in [-0.3, -0.25) is 4.79 Å². The highest BCUT2D eigenvalue weighted by Crippen LogP contribution is 2.21. The lowest BCUT2D eigenvalue weighted by molar-refractivity contribution is 0.0953. The molecule has 0 atom stereocenters. The van der Waals surface area contributed by atoms with Crippen molar-refractivity contribution in [1.82, 2.24) is 10.3 Å². The van der Waals surface area contributed by atoms with Gasteiger partial charge < -0.3 is 10.6 Å². The van der Waals surface area contributed by atoms with Crippen LogP contribution in [0.1, 0.15) is 37.6 Å². The number of carbonyl (C=O) groups excluding carboxylic acids is 1. The molecular weight excluding hydrogens is 258 g/mol. The number of rotatable bonds is 7. The fourth-order valence-corrected chi connectivity index (χ4v) is 1.57. The standard InChI is InChI=1S/C14H23N3OS/c1-5-8-15-13(18)11-6-7-12(16-9-11)17-10-14(2,3)19-4/h6-7,9H,5,8,10H2,1-4H3,(H,15,18)(H,16,17). The van der Waals surface area contributed by atoms with Gasteiger partial charge in [0.05, 0.1) is 5.56 Å². The molecule has 0 fully saturated rings. The summed E-state index contributed by atoms with van der Waals surface area (Å²) >= 11 is 1.81. The third-order valence-electron chi connectivity index (χ3n) is 2.81. The van der Waals surface area contributed by atoms with Gasteiger partial charge in [-0.15, -0.1) is 0 Å². The summed E-state index contributed by atoms with van der Waals surface area (Å²) < 4.78 is 0.166. The highest BCUT2D eigenvalue weighted by Gasteiger charge is 2.15. The fraction of sp³-hybridized carbons (Fsp3) is 0.571. The van der Waals surface area contributed by atoms with Crippen molar-refractivity contribution < 1.29 is 4.79 Å². The molecule has 0 aliphatic rings. The van der Waals surface area contributed by atoms with Crippen LogP contribution in [0.15, 0.2) is 18.3 Å². The largest absolute Gasteiger partial charge is 0.369 e. The maximum Gasteiger partial charge on any atom is 0.252 e. The van der Waals surface area contributed by atoms with E-state index in [2.05, 4.69) is 35.7 Å². The van der Waals surface area contributed by atoms with Crippen molar-refractivity contribution in [2.45, 2.75) is 31.9 Å². The second kappa shape index (κ2) is 7.38. The van der Waals surface area contributed by atoms with Crippen LogP contribution in [0.4, 0.5) is 5.82 Å². The Balaban J connectivity index is 2.54. The quantitative estimate of drug-likeness (QED) is 0.807. The number of thioether (sulfide) groups is 1. The first kappa shape index (κ1) is 15.8. The van der Waals surface area contributed by atoms with E-state index in [0.717, 1.165) is 18.8 Å². The van der Waals surface area contributed by atoms with Crippen LogP contribution in [-0.4, -0.2) is 35.0 Å². The zero-order valence-corrected chi connectivity index (χ0v) is 12.9. The van der Waals surface area contributed by atoms with Crippen LogP contribution in [0.5, 0.6) is 0 Å². The summed E-state index contributed by atoms with van der Waals surface area (Å²) in [7, 11) is 0. The molecule has 2 N–H and O–H groups in total. The number of pyridine rings is 1. The maximum atomic E-state index is 11.7. The summed E-state index contributed by atoms with van der Waals surface area (Å²) in [5.41, 5.74) is 0.600. The van der Waals surface area contributed by atoms with Gasteiger partial charge in [0.2, 0.25) is 0 Å². The number of anilines is 1. The molecule has 0 radical (unpaired) electrons. The molecule has 0 spiro atoms. The molecule has 0 saturated carbocycles. The zero-order valence-electron chi connectivity index (χ0n) is 12.1. The first-order valence-electron chi connectivity index (χ1n) is 6.52. The van der Waals surface area contributed by atoms with E-state index >= 15 is 0 Å². The summed E-state index contributed by atoms with van der Waals surface area (Å²) in [5.74, 6) is 0.736. The van der Waals surface area contributed by atoms with Gasteiger partial charge in [-0.25, -0.2) is 4.98 Å². The number of aromatic nitrogens is 1. The molecule has 0 aliphatic carbocycles. The monoisotopic (exact) mass is 281 g/mol. The molecule has 1 heterocycles. The van der Waals surface area contributed by atoms with Crippen LogP contribution < -0.4 is 10.6 Å². The van der Waals surface area contributed by atoms with E-state index in [0.29, 0.717) is 12.1 Å². The lowest BCUT2D eigenvalue weighted by Crippen LogP contribution is -2.26. The number of nitrogens with zero attached hydrogens (tertiary/aromatic N) is 1. The van der Waals surface area contributed by atoms with E-state index in [1.807, 2.05) is 24.8 Å². The van der Waals surface area contributed by atoms with Gasteiger partial charge in [-0.2, -0.15) is 11.8 Å². The summed E-state index contributed by atoms with van der Waals surface area (Å²) in [6.45, 7) is 7.91. The molecule has 19 heavy (non-hydrogen) atoms. The van der Waals surface area contributed by atoms with Crippen LogP contribution >= 0.6 is 11.8 Å². The molecule has 0 bridgehead atoms. The van der Waals surface area contributed by atoms with E-state index in [4.69, 9.17) is 0 Å². The summed E-state index contributed by atoms with van der Waals surface area (Å²) in [4.78, 5) is 16.0. The molecule has 1 amide bonds. The first-order chi connectivity index (χ1) is 8.98. The number of hydrogen-bond donors (Lipinski definition) is 2. The lowest BCUT2D eigenvalue weighted by atomic mass is 10.2. The highest BCUT2D eigenvalue weighted by molar-refractivity contribution is 7.99. The van der Waals surface area contributed by atoms with Crippen molar-refractivity contribution in [3.8, 4) is 0 Å². The zero-order chi connectivity index (χ0) is 14.3. The number of carbonyl (C=O) groups is 1. The molecular formula is C14H23N3OS. The van der Waals surface area contributed by atoms with Gasteiger partial charge in [0.25, 0.3) is 5.91 Å². The Labute approximate surface area is 119 Å². The van der Waals surface area contributed by atoms with E-state index in [-0.39, 0.29) is 10.7 Å². The van der Waals surface area contributed by atoms with Crippen molar-refractivity contribution >= 4 is 23.5 Å². The summed E-state index contributed by atoms with van der Waals surface area (Å²) in [5, 5.41) is 6.11. The van der Waals surface area contributed by atoms with Crippen molar-refractivity contribution in [2.75, 3.05) is 24.7 Å². The number of hydrogen-bond acceptors (Lipinski definition) is 4. The summed E-state index contributed by atoms with van der Waals surface area (Å²) in [6.07, 6.45) is 4.64. The molecule has 0 aliphatic heterocycles. The second-order valence-electron chi connectivity index (χ2n) is 5.01. The maximum absolute atomic E-state index is 11.7. The molecule has 0 saturated heterocycles. The number of nitrogens with one attached hydrogen (secondary N) is 2. The second-order valence-corrected chi connectivity index (χ2v) is 6.52. The van der Waals surface area contributed by atoms with Gasteiger partial charge in [-0.1, -0.05) is 6.92 Å². The molecule has 4 nitrogen and oxygen atoms in total. The third kappa shape index (κ3) is 5.51. The fourth-order valence-electron chi connectivity index (χ4n) is 1.35. The van der Waals surface area contributed by atoms with E-state index < -0.39 is 0 Å². The van der Waals surface area contributed by atoms with Crippen molar-refractivity contribution in [1.29, 1.82) is 0 Å². The Morgan fingerprint density at radius 1 is 1.42 bits per heavy atom. The minimum Gasteiger partial charge on any atom is -0.369 e. The Morgan fingerprint density at radius 2 is 2.16 bits per heavy atom. The van der Waals surface area contributed by atoms with Gasteiger partial charge in [-0.05, 0) is 38.7 Å². The Bertz CT molecular complexity index is 404. The number of amides is 1.